The van der Waals surface area contributed by atoms with Gasteiger partial charge in [-0.25, -0.2) is 15.0 Å². The summed E-state index contributed by atoms with van der Waals surface area (Å²) in [7, 11) is 0. The second kappa shape index (κ2) is 16.6. The first-order valence-corrected chi connectivity index (χ1v) is 23.7. The zero-order chi connectivity index (χ0) is 45.0. The zero-order valence-electron chi connectivity index (χ0n) is 36.8. The summed E-state index contributed by atoms with van der Waals surface area (Å²) in [4.78, 5) is 15.8. The normalized spacial score (nSPS) is 11.5. The summed E-state index contributed by atoms with van der Waals surface area (Å²) >= 11 is 1.85. The third-order valence-corrected chi connectivity index (χ3v) is 14.2. The van der Waals surface area contributed by atoms with Crippen molar-refractivity contribution in [2.24, 2.45) is 0 Å². The van der Waals surface area contributed by atoms with Gasteiger partial charge in [0.2, 0.25) is 0 Å². The number of hydrogen-bond donors (Lipinski definition) is 0. The van der Waals surface area contributed by atoms with Crippen LogP contribution in [0.3, 0.4) is 0 Å². The Labute approximate surface area is 397 Å². The molecule has 0 saturated carbocycles. The fraction of sp³-hybridized carbons (Fsp3) is 0. The maximum absolute atomic E-state index is 5.35. The van der Waals surface area contributed by atoms with Crippen molar-refractivity contribution < 1.29 is 0 Å². The highest BCUT2D eigenvalue weighted by Crippen LogP contribution is 2.46. The van der Waals surface area contributed by atoms with Crippen molar-refractivity contribution in [3.8, 4) is 84.4 Å². The number of hydrogen-bond acceptors (Lipinski definition) is 4. The quantitative estimate of drug-likeness (QED) is 0.153. The molecule has 4 nitrogen and oxygen atoms in total. The Bertz CT molecular complexity index is 3880. The van der Waals surface area contributed by atoms with E-state index in [2.05, 4.69) is 211 Å². The molecule has 0 fully saturated rings. The van der Waals surface area contributed by atoms with Crippen molar-refractivity contribution >= 4 is 53.3 Å². The van der Waals surface area contributed by atoms with Gasteiger partial charge in [-0.3, -0.25) is 0 Å². The molecular formula is C63H40N4S. The molecule has 0 aliphatic rings. The van der Waals surface area contributed by atoms with Gasteiger partial charge in [-0.1, -0.05) is 194 Å². The average molecular weight is 885 g/mol. The first-order valence-electron chi connectivity index (χ1n) is 22.9. The van der Waals surface area contributed by atoms with E-state index in [0.717, 1.165) is 66.9 Å². The molecule has 0 N–H and O–H groups in total. The predicted octanol–water partition coefficient (Wildman–Crippen LogP) is 17.0. The fourth-order valence-electron chi connectivity index (χ4n) is 9.91. The zero-order valence-corrected chi connectivity index (χ0v) is 37.6. The molecule has 13 rings (SSSR count). The third-order valence-electron chi connectivity index (χ3n) is 13.1. The largest absolute Gasteiger partial charge is 0.309 e. The minimum absolute atomic E-state index is 0.610. The SMILES string of the molecule is c1ccc(-c2nc(-c3ccccc3)nc(-c3cc(-c4c(-c5ccccc5)cccc4-c4ccccc4)ccc3-c3ccc4sc5cc6c(cc5c4c3)c3ccccc3n6-c3ccccc3)n2)cc1. The average Bonchev–Trinajstić information content (AvgIpc) is 3.95. The molecule has 0 aliphatic carbocycles. The van der Waals surface area contributed by atoms with Gasteiger partial charge in [-0.2, -0.15) is 0 Å². The van der Waals surface area contributed by atoms with Crippen LogP contribution in [-0.2, 0) is 0 Å². The van der Waals surface area contributed by atoms with Crippen LogP contribution in [0.25, 0.3) is 126 Å². The van der Waals surface area contributed by atoms with Gasteiger partial charge in [-0.15, -0.1) is 11.3 Å². The molecule has 0 unspecified atom stereocenters. The van der Waals surface area contributed by atoms with Crippen molar-refractivity contribution in [2.45, 2.75) is 0 Å². The van der Waals surface area contributed by atoms with E-state index >= 15 is 0 Å². The highest BCUT2D eigenvalue weighted by molar-refractivity contribution is 7.25. The Morgan fingerprint density at radius 2 is 0.809 bits per heavy atom. The summed E-state index contributed by atoms with van der Waals surface area (Å²) in [6, 6.07) is 86.5. The lowest BCUT2D eigenvalue weighted by atomic mass is 9.85. The van der Waals surface area contributed by atoms with Crippen molar-refractivity contribution in [3.05, 3.63) is 243 Å². The second-order valence-electron chi connectivity index (χ2n) is 17.1. The van der Waals surface area contributed by atoms with Crippen LogP contribution in [0.1, 0.15) is 0 Å². The van der Waals surface area contributed by atoms with E-state index in [0.29, 0.717) is 17.5 Å². The van der Waals surface area contributed by atoms with Gasteiger partial charge >= 0.3 is 0 Å². The van der Waals surface area contributed by atoms with E-state index in [1.165, 1.54) is 42.0 Å². The molecule has 5 heteroatoms. The molecule has 0 amide bonds. The van der Waals surface area contributed by atoms with Gasteiger partial charge < -0.3 is 4.57 Å². The molecule has 68 heavy (non-hydrogen) atoms. The Kier molecular flexibility index (Phi) is 9.66. The fourth-order valence-corrected chi connectivity index (χ4v) is 11.0. The van der Waals surface area contributed by atoms with Gasteiger partial charge in [0.1, 0.15) is 0 Å². The number of aromatic nitrogens is 4. The van der Waals surface area contributed by atoms with E-state index in [9.17, 15) is 0 Å². The molecule has 0 atom stereocenters. The molecule has 10 aromatic carbocycles. The summed E-state index contributed by atoms with van der Waals surface area (Å²) < 4.78 is 4.89. The van der Waals surface area contributed by atoms with Gasteiger partial charge in [0, 0.05) is 53.3 Å². The standard InChI is InChI=1S/C63H40N4S/c1-6-19-41(20-7-1)49-30-18-31-50(42-21-8-2-9-22-42)60(49)46-33-35-48(55(38-46)63-65-61(43-23-10-3-11-24-43)64-62(66-63)44-25-12-4-13-26-44)45-34-36-58-53(37-45)54-39-52-51-29-16-17-32-56(51)67(47-27-14-5-15-28-47)57(52)40-59(54)68-58/h1-40H. The summed E-state index contributed by atoms with van der Waals surface area (Å²) in [6.45, 7) is 0. The molecule has 318 valence electrons. The summed E-state index contributed by atoms with van der Waals surface area (Å²) in [6.07, 6.45) is 0. The van der Waals surface area contributed by atoms with E-state index in [1.54, 1.807) is 0 Å². The molecule has 3 heterocycles. The van der Waals surface area contributed by atoms with Gasteiger partial charge in [0.05, 0.1) is 11.0 Å². The molecule has 0 radical (unpaired) electrons. The Morgan fingerprint density at radius 1 is 0.279 bits per heavy atom. The van der Waals surface area contributed by atoms with Gasteiger partial charge in [0.25, 0.3) is 0 Å². The van der Waals surface area contributed by atoms with Crippen LogP contribution in [0.5, 0.6) is 0 Å². The molecule has 0 bridgehead atoms. The third kappa shape index (κ3) is 6.88. The summed E-state index contributed by atoms with van der Waals surface area (Å²) in [5, 5.41) is 4.95. The van der Waals surface area contributed by atoms with Crippen molar-refractivity contribution in [2.75, 3.05) is 0 Å². The number of benzene rings is 10. The minimum Gasteiger partial charge on any atom is -0.309 e. The Hall–Kier alpha value is -8.77. The molecular weight excluding hydrogens is 845 g/mol. The predicted molar refractivity (Wildman–Crippen MR) is 285 cm³/mol. The first-order chi connectivity index (χ1) is 33.7. The Morgan fingerprint density at radius 3 is 1.44 bits per heavy atom. The molecule has 0 saturated heterocycles. The summed E-state index contributed by atoms with van der Waals surface area (Å²) in [5.74, 6) is 1.86. The number of thiophene rings is 1. The van der Waals surface area contributed by atoms with E-state index in [-0.39, 0.29) is 0 Å². The number of para-hydroxylation sites is 2. The van der Waals surface area contributed by atoms with E-state index < -0.39 is 0 Å². The van der Waals surface area contributed by atoms with Crippen LogP contribution >= 0.6 is 11.3 Å². The van der Waals surface area contributed by atoms with Crippen LogP contribution in [0.15, 0.2) is 243 Å². The lowest BCUT2D eigenvalue weighted by molar-refractivity contribution is 1.07. The van der Waals surface area contributed by atoms with Crippen LogP contribution in [-0.4, -0.2) is 19.5 Å². The second-order valence-corrected chi connectivity index (χ2v) is 18.2. The molecule has 3 aromatic heterocycles. The monoisotopic (exact) mass is 884 g/mol. The number of rotatable bonds is 8. The molecule has 13 aromatic rings. The van der Waals surface area contributed by atoms with Crippen LogP contribution in [0.2, 0.25) is 0 Å². The smallest absolute Gasteiger partial charge is 0.164 e. The van der Waals surface area contributed by atoms with Crippen LogP contribution in [0.4, 0.5) is 0 Å². The highest BCUT2D eigenvalue weighted by atomic mass is 32.1. The minimum atomic E-state index is 0.610. The topological polar surface area (TPSA) is 43.6 Å². The molecule has 0 aliphatic heterocycles. The van der Waals surface area contributed by atoms with E-state index in [1.807, 2.05) is 47.7 Å². The van der Waals surface area contributed by atoms with Crippen molar-refractivity contribution in [3.63, 3.8) is 0 Å². The lowest BCUT2D eigenvalue weighted by Gasteiger charge is -2.19. The first kappa shape index (κ1) is 39.6. The van der Waals surface area contributed by atoms with Crippen molar-refractivity contribution in [1.29, 1.82) is 0 Å². The number of fused-ring (bicyclic) bond motifs is 6. The van der Waals surface area contributed by atoms with E-state index in [4.69, 9.17) is 15.0 Å². The van der Waals surface area contributed by atoms with Gasteiger partial charge in [-0.05, 0) is 93.0 Å². The maximum atomic E-state index is 5.35. The van der Waals surface area contributed by atoms with Gasteiger partial charge in [0.15, 0.2) is 17.5 Å². The van der Waals surface area contributed by atoms with Crippen LogP contribution < -0.4 is 0 Å². The van der Waals surface area contributed by atoms with Crippen molar-refractivity contribution in [1.82, 2.24) is 19.5 Å². The number of nitrogens with zero attached hydrogens (tertiary/aromatic N) is 4. The summed E-state index contributed by atoms with van der Waals surface area (Å²) in [5.41, 5.74) is 15.3. The Balaban J connectivity index is 1.07. The van der Waals surface area contributed by atoms with Crippen LogP contribution in [0, 0.1) is 0 Å². The highest BCUT2D eigenvalue weighted by Gasteiger charge is 2.22. The maximum Gasteiger partial charge on any atom is 0.164 e. The lowest BCUT2D eigenvalue weighted by Crippen LogP contribution is -2.01. The molecule has 0 spiro atoms.